The van der Waals surface area contributed by atoms with Crippen LogP contribution in [0.4, 0.5) is 0 Å². The summed E-state index contributed by atoms with van der Waals surface area (Å²) in [7, 11) is 0. The number of aryl methyl sites for hydroxylation is 2. The van der Waals surface area contributed by atoms with Gasteiger partial charge in [0.25, 0.3) is 0 Å². The number of nitrogens with two attached hydrogens (primary N) is 1. The number of aromatic nitrogens is 4. The highest BCUT2D eigenvalue weighted by atomic mass is 32.1. The lowest BCUT2D eigenvalue weighted by Gasteiger charge is -2.15. The van der Waals surface area contributed by atoms with Gasteiger partial charge in [0.05, 0.1) is 11.1 Å². The van der Waals surface area contributed by atoms with E-state index in [0.29, 0.717) is 18.3 Å². The number of nitrogens with zero attached hydrogens (tertiary/aromatic N) is 4. The van der Waals surface area contributed by atoms with Gasteiger partial charge in [0.15, 0.2) is 4.96 Å². The van der Waals surface area contributed by atoms with Gasteiger partial charge in [-0.1, -0.05) is 5.16 Å². The number of fused-ring (bicyclic) bond motifs is 1. The Morgan fingerprint density at radius 3 is 2.80 bits per heavy atom. The minimum Gasteiger partial charge on any atom is -0.338 e. The molecular formula is C13H17N5OS. The highest BCUT2D eigenvalue weighted by Gasteiger charge is 2.27. The fraction of sp³-hybridized carbons (Fsp3) is 0.462. The minimum absolute atomic E-state index is 0.326. The Balaban J connectivity index is 2.14. The van der Waals surface area contributed by atoms with Crippen LogP contribution in [0.1, 0.15) is 30.3 Å². The fourth-order valence-electron chi connectivity index (χ4n) is 2.02. The average molecular weight is 291 g/mol. The number of rotatable bonds is 3. The molecule has 0 unspecified atom stereocenters. The maximum absolute atomic E-state index is 5.75. The standard InChI is InChI=1S/C13H17N5OS/c1-7-5-18-9(8(2)15-12(18)20-7)10-16-11(19-17-10)13(3,4)6-14/h5H,6,14H2,1-4H3. The first kappa shape index (κ1) is 13.3. The van der Waals surface area contributed by atoms with Crippen LogP contribution in [0.25, 0.3) is 16.5 Å². The van der Waals surface area contributed by atoms with Crippen LogP contribution in [0.15, 0.2) is 10.7 Å². The van der Waals surface area contributed by atoms with Crippen molar-refractivity contribution in [3.63, 3.8) is 0 Å². The molecule has 0 aromatic carbocycles. The third kappa shape index (κ3) is 1.94. The Labute approximate surface area is 120 Å². The Kier molecular flexibility index (Phi) is 2.91. The quantitative estimate of drug-likeness (QED) is 0.800. The maximum atomic E-state index is 5.75. The summed E-state index contributed by atoms with van der Waals surface area (Å²) in [5, 5.41) is 4.10. The third-order valence-corrected chi connectivity index (χ3v) is 4.24. The van der Waals surface area contributed by atoms with E-state index in [1.807, 2.05) is 31.4 Å². The molecule has 106 valence electrons. The van der Waals surface area contributed by atoms with Crippen LogP contribution in [0, 0.1) is 13.8 Å². The summed E-state index contributed by atoms with van der Waals surface area (Å²) in [6, 6.07) is 0. The number of hydrogen-bond acceptors (Lipinski definition) is 6. The number of hydrogen-bond donors (Lipinski definition) is 1. The molecule has 3 aromatic heterocycles. The lowest BCUT2D eigenvalue weighted by Crippen LogP contribution is -2.28. The van der Waals surface area contributed by atoms with E-state index in [-0.39, 0.29) is 5.41 Å². The second-order valence-corrected chi connectivity index (χ2v) is 6.76. The first-order valence-electron chi connectivity index (χ1n) is 6.42. The second-order valence-electron chi connectivity index (χ2n) is 5.55. The summed E-state index contributed by atoms with van der Waals surface area (Å²) in [6.07, 6.45) is 2.04. The minimum atomic E-state index is -0.326. The van der Waals surface area contributed by atoms with E-state index in [1.54, 1.807) is 11.3 Å². The average Bonchev–Trinajstić information content (AvgIpc) is 3.03. The van der Waals surface area contributed by atoms with Crippen molar-refractivity contribution in [1.29, 1.82) is 0 Å². The van der Waals surface area contributed by atoms with Gasteiger partial charge in [-0.2, -0.15) is 4.98 Å². The van der Waals surface area contributed by atoms with Crippen molar-refractivity contribution in [2.45, 2.75) is 33.1 Å². The van der Waals surface area contributed by atoms with E-state index in [9.17, 15) is 0 Å². The molecule has 0 aliphatic carbocycles. The van der Waals surface area contributed by atoms with Gasteiger partial charge in [-0.25, -0.2) is 4.98 Å². The number of thiazole rings is 1. The van der Waals surface area contributed by atoms with Crippen LogP contribution in [0.2, 0.25) is 0 Å². The molecule has 0 spiro atoms. The fourth-order valence-corrected chi connectivity index (χ4v) is 2.89. The molecule has 0 saturated heterocycles. The molecule has 3 rings (SSSR count). The van der Waals surface area contributed by atoms with Crippen molar-refractivity contribution in [2.75, 3.05) is 6.54 Å². The predicted octanol–water partition coefficient (Wildman–Crippen LogP) is 2.30. The Morgan fingerprint density at radius 1 is 1.35 bits per heavy atom. The van der Waals surface area contributed by atoms with Gasteiger partial charge < -0.3 is 10.3 Å². The molecule has 0 aliphatic heterocycles. The molecule has 20 heavy (non-hydrogen) atoms. The van der Waals surface area contributed by atoms with Gasteiger partial charge >= 0.3 is 0 Å². The van der Waals surface area contributed by atoms with Crippen LogP contribution in [-0.4, -0.2) is 26.1 Å². The molecule has 6 nitrogen and oxygen atoms in total. The zero-order valence-electron chi connectivity index (χ0n) is 12.0. The smallest absolute Gasteiger partial charge is 0.233 e. The third-order valence-electron chi connectivity index (χ3n) is 3.34. The molecule has 3 aromatic rings. The zero-order chi connectivity index (χ0) is 14.5. The first-order valence-corrected chi connectivity index (χ1v) is 7.24. The predicted molar refractivity (Wildman–Crippen MR) is 77.9 cm³/mol. The normalized spacial score (nSPS) is 12.4. The summed E-state index contributed by atoms with van der Waals surface area (Å²) in [6.45, 7) is 8.43. The van der Waals surface area contributed by atoms with Crippen LogP contribution in [0.5, 0.6) is 0 Å². The lowest BCUT2D eigenvalue weighted by molar-refractivity contribution is 0.311. The van der Waals surface area contributed by atoms with E-state index >= 15 is 0 Å². The maximum Gasteiger partial charge on any atom is 0.233 e. The van der Waals surface area contributed by atoms with Gasteiger partial charge in [-0.15, -0.1) is 11.3 Å². The molecule has 0 amide bonds. The molecule has 0 fully saturated rings. The van der Waals surface area contributed by atoms with E-state index in [1.165, 1.54) is 4.88 Å². The van der Waals surface area contributed by atoms with Gasteiger partial charge in [0, 0.05) is 17.6 Å². The zero-order valence-corrected chi connectivity index (χ0v) is 12.8. The summed E-state index contributed by atoms with van der Waals surface area (Å²) in [5.41, 5.74) is 7.20. The van der Waals surface area contributed by atoms with Crippen LogP contribution in [-0.2, 0) is 5.41 Å². The van der Waals surface area contributed by atoms with Crippen molar-refractivity contribution in [3.05, 3.63) is 22.7 Å². The Hall–Kier alpha value is -1.73. The SMILES string of the molecule is Cc1cn2c(-c3noc(C(C)(C)CN)n3)c(C)nc2s1. The van der Waals surface area contributed by atoms with E-state index in [0.717, 1.165) is 16.3 Å². The molecule has 2 N–H and O–H groups in total. The Morgan fingerprint density at radius 2 is 2.10 bits per heavy atom. The molecule has 0 bridgehead atoms. The summed E-state index contributed by atoms with van der Waals surface area (Å²) >= 11 is 1.64. The lowest BCUT2D eigenvalue weighted by atomic mass is 9.94. The summed E-state index contributed by atoms with van der Waals surface area (Å²) < 4.78 is 7.39. The van der Waals surface area contributed by atoms with E-state index in [4.69, 9.17) is 10.3 Å². The Bertz CT molecular complexity index is 767. The molecule has 3 heterocycles. The van der Waals surface area contributed by atoms with Crippen LogP contribution >= 0.6 is 11.3 Å². The van der Waals surface area contributed by atoms with Crippen LogP contribution in [0.3, 0.4) is 0 Å². The number of imidazole rings is 1. The molecule has 7 heteroatoms. The molecule has 0 saturated carbocycles. The van der Waals surface area contributed by atoms with Gasteiger partial charge in [-0.3, -0.25) is 4.40 Å². The van der Waals surface area contributed by atoms with Crippen molar-refractivity contribution in [3.8, 4) is 11.5 Å². The first-order chi connectivity index (χ1) is 9.42. The summed E-state index contributed by atoms with van der Waals surface area (Å²) in [5.74, 6) is 1.11. The highest BCUT2D eigenvalue weighted by molar-refractivity contribution is 7.17. The van der Waals surface area contributed by atoms with Gasteiger partial charge in [0.1, 0.15) is 5.69 Å². The molecule has 0 atom stereocenters. The second kappa shape index (κ2) is 4.39. The molecular weight excluding hydrogens is 274 g/mol. The van der Waals surface area contributed by atoms with Crippen molar-refractivity contribution >= 4 is 16.3 Å². The summed E-state index contributed by atoms with van der Waals surface area (Å²) in [4.78, 5) is 11.2. The van der Waals surface area contributed by atoms with Crippen LogP contribution < -0.4 is 5.73 Å². The van der Waals surface area contributed by atoms with Gasteiger partial charge in [-0.05, 0) is 27.7 Å². The molecule has 0 aliphatic rings. The van der Waals surface area contributed by atoms with E-state index < -0.39 is 0 Å². The topological polar surface area (TPSA) is 82.2 Å². The van der Waals surface area contributed by atoms with Crippen molar-refractivity contribution in [2.24, 2.45) is 5.73 Å². The molecule has 0 radical (unpaired) electrons. The highest BCUT2D eigenvalue weighted by Crippen LogP contribution is 2.29. The van der Waals surface area contributed by atoms with Crippen molar-refractivity contribution < 1.29 is 4.52 Å². The largest absolute Gasteiger partial charge is 0.338 e. The van der Waals surface area contributed by atoms with Gasteiger partial charge in [0.2, 0.25) is 11.7 Å². The van der Waals surface area contributed by atoms with Crippen molar-refractivity contribution in [1.82, 2.24) is 19.5 Å². The monoisotopic (exact) mass is 291 g/mol. The van der Waals surface area contributed by atoms with E-state index in [2.05, 4.69) is 22.0 Å².